The van der Waals surface area contributed by atoms with Gasteiger partial charge in [-0.2, -0.15) is 0 Å². The Morgan fingerprint density at radius 3 is 2.40 bits per heavy atom. The van der Waals surface area contributed by atoms with Gasteiger partial charge in [-0.25, -0.2) is 0 Å². The third-order valence-electron chi connectivity index (χ3n) is 5.91. The van der Waals surface area contributed by atoms with Crippen LogP contribution in [0.3, 0.4) is 0 Å². The molecule has 0 aliphatic carbocycles. The molecule has 2 aromatic carbocycles. The Labute approximate surface area is 195 Å². The zero-order chi connectivity index (χ0) is 21.3. The number of amides is 1. The molecule has 2 saturated heterocycles. The number of nitrogens with zero attached hydrogens (tertiary/aromatic N) is 3. The van der Waals surface area contributed by atoms with E-state index in [2.05, 4.69) is 37.9 Å². The molecule has 0 spiro atoms. The molecule has 4 rings (SSSR count). The van der Waals surface area contributed by atoms with E-state index in [9.17, 15) is 9.90 Å². The van der Waals surface area contributed by atoms with Gasteiger partial charge in [-0.15, -0.1) is 0 Å². The minimum atomic E-state index is -0.535. The molecule has 1 amide bonds. The van der Waals surface area contributed by atoms with Crippen LogP contribution in [0.2, 0.25) is 10.0 Å². The maximum atomic E-state index is 12.9. The number of likely N-dealkylation sites (tertiary alicyclic amines) is 1. The fraction of sp³-hybridized carbons (Fsp3) is 0.409. The van der Waals surface area contributed by atoms with E-state index in [-0.39, 0.29) is 11.9 Å². The highest BCUT2D eigenvalue weighted by molar-refractivity contribution is 9.10. The van der Waals surface area contributed by atoms with Gasteiger partial charge >= 0.3 is 0 Å². The summed E-state index contributed by atoms with van der Waals surface area (Å²) in [7, 11) is 0. The predicted molar refractivity (Wildman–Crippen MR) is 123 cm³/mol. The molecule has 2 aliphatic rings. The van der Waals surface area contributed by atoms with Gasteiger partial charge < -0.3 is 10.0 Å². The maximum absolute atomic E-state index is 12.9. The molecule has 0 aromatic heterocycles. The molecule has 5 nitrogen and oxygen atoms in total. The van der Waals surface area contributed by atoms with Crippen molar-refractivity contribution in [2.24, 2.45) is 0 Å². The Morgan fingerprint density at radius 1 is 1.03 bits per heavy atom. The average Bonchev–Trinajstić information content (AvgIpc) is 3.13. The van der Waals surface area contributed by atoms with Crippen LogP contribution in [0.1, 0.15) is 15.9 Å². The topological polar surface area (TPSA) is 47.0 Å². The molecule has 1 N–H and O–H groups in total. The summed E-state index contributed by atoms with van der Waals surface area (Å²) in [4.78, 5) is 19.3. The normalized spacial score (nSPS) is 23.1. The number of benzene rings is 2. The van der Waals surface area contributed by atoms with Crippen LogP contribution in [-0.2, 0) is 6.54 Å². The summed E-state index contributed by atoms with van der Waals surface area (Å²) in [6.45, 7) is 5.42. The number of carbonyl (C=O) groups excluding carboxylic acids is 1. The van der Waals surface area contributed by atoms with Crippen molar-refractivity contribution in [1.82, 2.24) is 14.7 Å². The van der Waals surface area contributed by atoms with E-state index in [1.165, 1.54) is 5.56 Å². The molecular weight excluding hydrogens is 489 g/mol. The number of piperazine rings is 1. The van der Waals surface area contributed by atoms with Crippen molar-refractivity contribution >= 4 is 45.0 Å². The fourth-order valence-electron chi connectivity index (χ4n) is 4.21. The Kier molecular flexibility index (Phi) is 7.02. The van der Waals surface area contributed by atoms with Crippen molar-refractivity contribution in [3.05, 3.63) is 68.1 Å². The zero-order valence-electron chi connectivity index (χ0n) is 16.5. The lowest BCUT2D eigenvalue weighted by atomic mass is 10.1. The maximum Gasteiger partial charge on any atom is 0.254 e. The summed E-state index contributed by atoms with van der Waals surface area (Å²) in [5.41, 5.74) is 1.83. The summed E-state index contributed by atoms with van der Waals surface area (Å²) < 4.78 is 0.697. The van der Waals surface area contributed by atoms with Crippen LogP contribution in [0.25, 0.3) is 0 Å². The molecule has 2 atom stereocenters. The highest BCUT2D eigenvalue weighted by Gasteiger charge is 2.38. The monoisotopic (exact) mass is 511 g/mol. The molecule has 30 heavy (non-hydrogen) atoms. The van der Waals surface area contributed by atoms with Crippen molar-refractivity contribution in [2.75, 3.05) is 39.3 Å². The molecule has 2 heterocycles. The SMILES string of the molecule is O=C(c1ccc(Cl)c(Br)c1)N1CC(O)C(N2CCN(Cc3ccc(Cl)cc3)CC2)C1. The first-order chi connectivity index (χ1) is 14.4. The fourth-order valence-corrected chi connectivity index (χ4v) is 4.83. The summed E-state index contributed by atoms with van der Waals surface area (Å²) in [6, 6.07) is 13.1. The van der Waals surface area contributed by atoms with E-state index in [0.29, 0.717) is 28.1 Å². The Bertz CT molecular complexity index is 904. The summed E-state index contributed by atoms with van der Waals surface area (Å²) in [5, 5.41) is 12.0. The Balaban J connectivity index is 1.32. The van der Waals surface area contributed by atoms with Gasteiger partial charge in [-0.3, -0.25) is 14.6 Å². The van der Waals surface area contributed by atoms with Crippen LogP contribution < -0.4 is 0 Å². The van der Waals surface area contributed by atoms with Crippen LogP contribution in [0.5, 0.6) is 0 Å². The van der Waals surface area contributed by atoms with E-state index in [0.717, 1.165) is 37.7 Å². The molecule has 160 valence electrons. The number of rotatable bonds is 4. The van der Waals surface area contributed by atoms with Gasteiger partial charge in [-0.1, -0.05) is 35.3 Å². The lowest BCUT2D eigenvalue weighted by Gasteiger charge is -2.38. The van der Waals surface area contributed by atoms with Crippen molar-refractivity contribution in [3.63, 3.8) is 0 Å². The van der Waals surface area contributed by atoms with Crippen molar-refractivity contribution < 1.29 is 9.90 Å². The van der Waals surface area contributed by atoms with Gasteiger partial charge in [0.15, 0.2) is 0 Å². The first-order valence-corrected chi connectivity index (χ1v) is 11.6. The molecule has 2 fully saturated rings. The number of aliphatic hydroxyl groups is 1. The molecular formula is C22H24BrCl2N3O2. The molecule has 0 radical (unpaired) electrons. The average molecular weight is 513 g/mol. The van der Waals surface area contributed by atoms with Crippen LogP contribution >= 0.6 is 39.1 Å². The summed E-state index contributed by atoms with van der Waals surface area (Å²) in [5.74, 6) is -0.0738. The molecule has 2 unspecified atom stereocenters. The van der Waals surface area contributed by atoms with E-state index < -0.39 is 6.10 Å². The summed E-state index contributed by atoms with van der Waals surface area (Å²) >= 11 is 15.4. The molecule has 0 saturated carbocycles. The minimum absolute atomic E-state index is 0.0256. The smallest absolute Gasteiger partial charge is 0.254 e. The molecule has 2 aromatic rings. The number of aliphatic hydroxyl groups excluding tert-OH is 1. The number of halogens is 3. The second kappa shape index (κ2) is 9.55. The third kappa shape index (κ3) is 5.01. The van der Waals surface area contributed by atoms with Gasteiger partial charge in [-0.05, 0) is 51.8 Å². The second-order valence-electron chi connectivity index (χ2n) is 7.91. The third-order valence-corrected chi connectivity index (χ3v) is 7.37. The number of hydrogen-bond donors (Lipinski definition) is 1. The zero-order valence-corrected chi connectivity index (χ0v) is 19.6. The molecule has 2 aliphatic heterocycles. The van der Waals surface area contributed by atoms with E-state index in [4.69, 9.17) is 23.2 Å². The van der Waals surface area contributed by atoms with Gasteiger partial charge in [0.2, 0.25) is 0 Å². The van der Waals surface area contributed by atoms with Crippen LogP contribution in [0.4, 0.5) is 0 Å². The quantitative estimate of drug-likeness (QED) is 0.677. The summed E-state index contributed by atoms with van der Waals surface area (Å²) in [6.07, 6.45) is -0.535. The van der Waals surface area contributed by atoms with Gasteiger partial charge in [0.05, 0.1) is 17.2 Å². The lowest BCUT2D eigenvalue weighted by Crippen LogP contribution is -2.53. The standard InChI is InChI=1S/C22H24BrCl2N3O2/c23-18-11-16(3-6-19(18)25)22(30)28-13-20(21(29)14-28)27-9-7-26(8-10-27)12-15-1-4-17(24)5-2-15/h1-6,11,20-21,29H,7-10,12-14H2. The van der Waals surface area contributed by atoms with Gasteiger partial charge in [0, 0.05) is 60.9 Å². The first kappa shape index (κ1) is 22.1. The van der Waals surface area contributed by atoms with E-state index in [1.54, 1.807) is 23.1 Å². The Morgan fingerprint density at radius 2 is 1.73 bits per heavy atom. The van der Waals surface area contributed by atoms with Gasteiger partial charge in [0.1, 0.15) is 0 Å². The van der Waals surface area contributed by atoms with Crippen LogP contribution in [-0.4, -0.2) is 77.1 Å². The first-order valence-electron chi connectivity index (χ1n) is 10.0. The van der Waals surface area contributed by atoms with Crippen molar-refractivity contribution in [1.29, 1.82) is 0 Å². The Hall–Kier alpha value is -1.15. The lowest BCUT2D eigenvalue weighted by molar-refractivity contribution is 0.0423. The van der Waals surface area contributed by atoms with Crippen LogP contribution in [0, 0.1) is 0 Å². The second-order valence-corrected chi connectivity index (χ2v) is 9.61. The van der Waals surface area contributed by atoms with Crippen molar-refractivity contribution in [2.45, 2.75) is 18.7 Å². The number of hydrogen-bond acceptors (Lipinski definition) is 4. The number of β-amino-alcohol motifs (C(OH)–C–C–N with tert-alkyl or cyclic N) is 1. The van der Waals surface area contributed by atoms with E-state index >= 15 is 0 Å². The van der Waals surface area contributed by atoms with E-state index in [1.807, 2.05) is 12.1 Å². The highest BCUT2D eigenvalue weighted by Crippen LogP contribution is 2.26. The van der Waals surface area contributed by atoms with Gasteiger partial charge in [0.25, 0.3) is 5.91 Å². The van der Waals surface area contributed by atoms with Crippen LogP contribution in [0.15, 0.2) is 46.9 Å². The highest BCUT2D eigenvalue weighted by atomic mass is 79.9. The van der Waals surface area contributed by atoms with Crippen molar-refractivity contribution in [3.8, 4) is 0 Å². The molecule has 8 heteroatoms. The molecule has 0 bridgehead atoms. The largest absolute Gasteiger partial charge is 0.390 e. The minimum Gasteiger partial charge on any atom is -0.390 e. The number of carbonyl (C=O) groups is 1. The predicted octanol–water partition coefficient (Wildman–Crippen LogP) is 3.76.